The zero-order valence-corrected chi connectivity index (χ0v) is 12.6. The maximum Gasteiger partial charge on any atom is 0.307 e. The smallest absolute Gasteiger partial charge is 0.307 e. The van der Waals surface area contributed by atoms with Gasteiger partial charge in [0, 0.05) is 25.5 Å². The van der Waals surface area contributed by atoms with Gasteiger partial charge in [0.2, 0.25) is 11.9 Å². The van der Waals surface area contributed by atoms with E-state index >= 15 is 0 Å². The van der Waals surface area contributed by atoms with Crippen molar-refractivity contribution >= 4 is 17.9 Å². The highest BCUT2D eigenvalue weighted by Gasteiger charge is 2.09. The second-order valence-electron chi connectivity index (χ2n) is 4.25. The molecule has 0 saturated heterocycles. The number of esters is 1. The van der Waals surface area contributed by atoms with E-state index in [1.165, 1.54) is 0 Å². The first kappa shape index (κ1) is 15.7. The summed E-state index contributed by atoms with van der Waals surface area (Å²) in [6.45, 7) is 5.16. The number of anilines is 2. The number of carbonyl (C=O) groups excluding carboxylic acids is 1. The van der Waals surface area contributed by atoms with Crippen LogP contribution in [0.25, 0.3) is 5.95 Å². The van der Waals surface area contributed by atoms with E-state index in [4.69, 9.17) is 4.74 Å². The molecule has 0 aliphatic carbocycles. The quantitative estimate of drug-likeness (QED) is 0.691. The van der Waals surface area contributed by atoms with Gasteiger partial charge in [-0.2, -0.15) is 20.1 Å². The largest absolute Gasteiger partial charge is 0.466 e. The van der Waals surface area contributed by atoms with E-state index in [2.05, 4.69) is 30.7 Å². The Kier molecular flexibility index (Phi) is 5.64. The van der Waals surface area contributed by atoms with E-state index < -0.39 is 0 Å². The molecule has 2 N–H and O–H groups in total. The third kappa shape index (κ3) is 4.40. The fourth-order valence-corrected chi connectivity index (χ4v) is 1.68. The Morgan fingerprint density at radius 2 is 2.00 bits per heavy atom. The lowest BCUT2D eigenvalue weighted by atomic mass is 10.4. The average Bonchev–Trinajstić information content (AvgIpc) is 3.02. The van der Waals surface area contributed by atoms with Gasteiger partial charge in [-0.3, -0.25) is 4.79 Å². The van der Waals surface area contributed by atoms with Crippen molar-refractivity contribution in [1.29, 1.82) is 0 Å². The van der Waals surface area contributed by atoms with Crippen LogP contribution in [-0.2, 0) is 9.53 Å². The number of ether oxygens (including phenoxy) is 1. The predicted molar refractivity (Wildman–Crippen MR) is 80.9 cm³/mol. The normalized spacial score (nSPS) is 10.3. The highest BCUT2D eigenvalue weighted by atomic mass is 16.5. The van der Waals surface area contributed by atoms with Crippen molar-refractivity contribution in [3.05, 3.63) is 18.5 Å². The second-order valence-corrected chi connectivity index (χ2v) is 4.25. The molecule has 0 radical (unpaired) electrons. The molecule has 0 aliphatic rings. The molecule has 22 heavy (non-hydrogen) atoms. The van der Waals surface area contributed by atoms with Crippen molar-refractivity contribution < 1.29 is 9.53 Å². The van der Waals surface area contributed by atoms with E-state index in [1.807, 2.05) is 6.92 Å². The Balaban J connectivity index is 2.07. The third-order valence-corrected chi connectivity index (χ3v) is 2.59. The van der Waals surface area contributed by atoms with Gasteiger partial charge in [-0.05, 0) is 19.9 Å². The number of aromatic nitrogens is 5. The monoisotopic (exact) mass is 305 g/mol. The van der Waals surface area contributed by atoms with Crippen molar-refractivity contribution in [3.63, 3.8) is 0 Å². The molecule has 0 atom stereocenters. The highest BCUT2D eigenvalue weighted by molar-refractivity contribution is 5.69. The molecule has 0 aromatic carbocycles. The Hall–Kier alpha value is -2.71. The van der Waals surface area contributed by atoms with Gasteiger partial charge in [0.15, 0.2) is 0 Å². The number of rotatable bonds is 8. The number of nitrogens with one attached hydrogen (secondary N) is 2. The minimum absolute atomic E-state index is 0.243. The maximum atomic E-state index is 11.3. The van der Waals surface area contributed by atoms with Gasteiger partial charge in [0.1, 0.15) is 0 Å². The van der Waals surface area contributed by atoms with E-state index in [0.717, 1.165) is 0 Å². The molecule has 0 unspecified atom stereocenters. The SMILES string of the molecule is CCNc1nc(NCCC(=O)OCC)nc(-n2cccn2)n1. The van der Waals surface area contributed by atoms with Crippen LogP contribution >= 0.6 is 0 Å². The first-order chi connectivity index (χ1) is 10.7. The molecule has 0 fully saturated rings. The van der Waals surface area contributed by atoms with Gasteiger partial charge in [0.25, 0.3) is 5.95 Å². The average molecular weight is 305 g/mol. The van der Waals surface area contributed by atoms with Crippen LogP contribution in [0.4, 0.5) is 11.9 Å². The lowest BCUT2D eigenvalue weighted by Gasteiger charge is -2.09. The fraction of sp³-hybridized carbons (Fsp3) is 0.462. The molecule has 2 aromatic rings. The standard InChI is InChI=1S/C13H19N7O2/c1-3-14-11-17-12(15-8-6-10(21)22-4-2)19-13(18-11)20-9-5-7-16-20/h5,7,9H,3-4,6,8H2,1-2H3,(H2,14,15,17,18,19). The topological polar surface area (TPSA) is 107 Å². The van der Waals surface area contributed by atoms with E-state index in [0.29, 0.717) is 37.5 Å². The number of carbonyl (C=O) groups is 1. The van der Waals surface area contributed by atoms with Gasteiger partial charge < -0.3 is 15.4 Å². The van der Waals surface area contributed by atoms with Crippen LogP contribution in [0, 0.1) is 0 Å². The first-order valence-electron chi connectivity index (χ1n) is 7.12. The summed E-state index contributed by atoms with van der Waals surface area (Å²) < 4.78 is 6.41. The van der Waals surface area contributed by atoms with E-state index in [-0.39, 0.29) is 12.4 Å². The summed E-state index contributed by atoms with van der Waals surface area (Å²) in [6, 6.07) is 1.78. The maximum absolute atomic E-state index is 11.3. The molecule has 9 nitrogen and oxygen atoms in total. The van der Waals surface area contributed by atoms with E-state index in [9.17, 15) is 4.79 Å². The fourth-order valence-electron chi connectivity index (χ4n) is 1.68. The van der Waals surface area contributed by atoms with Crippen LogP contribution in [0.5, 0.6) is 0 Å². The number of nitrogens with zero attached hydrogens (tertiary/aromatic N) is 5. The second kappa shape index (κ2) is 7.91. The Bertz CT molecular complexity index is 600. The summed E-state index contributed by atoms with van der Waals surface area (Å²) in [5.41, 5.74) is 0. The van der Waals surface area contributed by atoms with Crippen molar-refractivity contribution in [3.8, 4) is 5.95 Å². The van der Waals surface area contributed by atoms with Gasteiger partial charge in [-0.25, -0.2) is 4.68 Å². The van der Waals surface area contributed by atoms with Gasteiger partial charge in [-0.1, -0.05) is 0 Å². The molecule has 118 valence electrons. The predicted octanol–water partition coefficient (Wildman–Crippen LogP) is 0.854. The van der Waals surface area contributed by atoms with Gasteiger partial charge in [0.05, 0.1) is 13.0 Å². The van der Waals surface area contributed by atoms with Crippen LogP contribution in [0.2, 0.25) is 0 Å². The first-order valence-corrected chi connectivity index (χ1v) is 7.12. The Morgan fingerprint density at radius 3 is 2.64 bits per heavy atom. The summed E-state index contributed by atoms with van der Waals surface area (Å²) in [4.78, 5) is 24.1. The van der Waals surface area contributed by atoms with Gasteiger partial charge >= 0.3 is 5.97 Å². The summed E-state index contributed by atoms with van der Waals surface area (Å²) in [5.74, 6) is 0.959. The molecular weight excluding hydrogens is 286 g/mol. The van der Waals surface area contributed by atoms with Crippen molar-refractivity contribution in [1.82, 2.24) is 24.7 Å². The van der Waals surface area contributed by atoms with Crippen molar-refractivity contribution in [2.75, 3.05) is 30.3 Å². The molecule has 9 heteroatoms. The molecule has 0 amide bonds. The zero-order chi connectivity index (χ0) is 15.8. The highest BCUT2D eigenvalue weighted by Crippen LogP contribution is 2.08. The molecule has 0 spiro atoms. The lowest BCUT2D eigenvalue weighted by Crippen LogP contribution is -2.15. The van der Waals surface area contributed by atoms with Crippen LogP contribution in [0.3, 0.4) is 0 Å². The summed E-state index contributed by atoms with van der Waals surface area (Å²) >= 11 is 0. The van der Waals surface area contributed by atoms with Crippen LogP contribution in [-0.4, -0.2) is 50.4 Å². The Labute approximate surface area is 128 Å². The molecule has 2 rings (SSSR count). The molecular formula is C13H19N7O2. The van der Waals surface area contributed by atoms with Crippen molar-refractivity contribution in [2.24, 2.45) is 0 Å². The number of hydrogen-bond donors (Lipinski definition) is 2. The Morgan fingerprint density at radius 1 is 1.23 bits per heavy atom. The summed E-state index contributed by atoms with van der Waals surface area (Å²) in [7, 11) is 0. The van der Waals surface area contributed by atoms with Crippen LogP contribution in [0.15, 0.2) is 18.5 Å². The zero-order valence-electron chi connectivity index (χ0n) is 12.6. The molecule has 0 bridgehead atoms. The molecule has 0 saturated carbocycles. The summed E-state index contributed by atoms with van der Waals surface area (Å²) in [5, 5.41) is 10.1. The van der Waals surface area contributed by atoms with Crippen LogP contribution < -0.4 is 10.6 Å². The van der Waals surface area contributed by atoms with Crippen molar-refractivity contribution in [2.45, 2.75) is 20.3 Å². The minimum Gasteiger partial charge on any atom is -0.466 e. The summed E-state index contributed by atoms with van der Waals surface area (Å²) in [6.07, 6.45) is 3.63. The third-order valence-electron chi connectivity index (χ3n) is 2.59. The van der Waals surface area contributed by atoms with Gasteiger partial charge in [-0.15, -0.1) is 0 Å². The molecule has 2 heterocycles. The minimum atomic E-state index is -0.261. The van der Waals surface area contributed by atoms with E-state index in [1.54, 1.807) is 30.1 Å². The molecule has 2 aromatic heterocycles. The molecule has 0 aliphatic heterocycles. The number of hydrogen-bond acceptors (Lipinski definition) is 8. The lowest BCUT2D eigenvalue weighted by molar-refractivity contribution is -0.142. The van der Waals surface area contributed by atoms with Crippen LogP contribution in [0.1, 0.15) is 20.3 Å².